The summed E-state index contributed by atoms with van der Waals surface area (Å²) in [6.07, 6.45) is 0.453. The summed E-state index contributed by atoms with van der Waals surface area (Å²) >= 11 is 0. The molecule has 3 aromatic heterocycles. The van der Waals surface area contributed by atoms with Gasteiger partial charge in [-0.3, -0.25) is 4.79 Å². The van der Waals surface area contributed by atoms with Crippen LogP contribution in [0.25, 0.3) is 5.65 Å². The minimum Gasteiger partial charge on any atom is -0.389 e. The van der Waals surface area contributed by atoms with Crippen LogP contribution in [0.4, 0.5) is 27.7 Å². The molecular weight excluding hydrogens is 391 g/mol. The van der Waals surface area contributed by atoms with E-state index in [4.69, 9.17) is 0 Å². The number of hydrogen-bond donors (Lipinski definition) is 4. The Morgan fingerprint density at radius 3 is 2.77 bits per heavy atom. The first-order valence-corrected chi connectivity index (χ1v) is 9.70. The van der Waals surface area contributed by atoms with E-state index in [9.17, 15) is 14.3 Å². The van der Waals surface area contributed by atoms with E-state index in [1.807, 2.05) is 23.1 Å². The maximum atomic E-state index is 13.2. The van der Waals surface area contributed by atoms with Gasteiger partial charge in [0.1, 0.15) is 35.0 Å². The van der Waals surface area contributed by atoms with Gasteiger partial charge in [-0.1, -0.05) is 6.07 Å². The summed E-state index contributed by atoms with van der Waals surface area (Å²) in [7, 11) is 1.74. The average Bonchev–Trinajstić information content (AvgIpc) is 3.23. The van der Waals surface area contributed by atoms with Crippen LogP contribution in [0.1, 0.15) is 16.8 Å². The topological polar surface area (TPSA) is 120 Å². The molecule has 1 saturated heterocycles. The Morgan fingerprint density at radius 1 is 1.27 bits per heavy atom. The highest BCUT2D eigenvalue weighted by molar-refractivity contribution is 6.00. The van der Waals surface area contributed by atoms with Gasteiger partial charge < -0.3 is 26.0 Å². The standard InChI is InChI=1S/C19H21FN8O2/c1-21-17-6-15(24-14-3-2-4-16(25-14)27-8-10(29)9-27)26-18-11(7-22-28(17)18)19(30)23-13-5-12(13)20/h2-4,6-7,10,12-13,21,29H,5,8-9H2,1H3,(H,23,30)(H,24,25,26)/t12-,13+/m0/s1. The van der Waals surface area contributed by atoms with Gasteiger partial charge in [-0.2, -0.15) is 9.61 Å². The van der Waals surface area contributed by atoms with Crippen LogP contribution in [0.15, 0.2) is 30.5 Å². The molecule has 1 aliphatic heterocycles. The van der Waals surface area contributed by atoms with Crippen LogP contribution < -0.4 is 20.9 Å². The SMILES string of the molecule is CNc1cc(Nc2cccc(N3CC(O)C3)n2)nc2c(C(=O)N[C@@H]3C[C@@H]3F)cnn12. The predicted octanol–water partition coefficient (Wildman–Crippen LogP) is 0.931. The highest BCUT2D eigenvalue weighted by atomic mass is 19.1. The van der Waals surface area contributed by atoms with E-state index in [2.05, 4.69) is 31.0 Å². The monoisotopic (exact) mass is 412 g/mol. The molecule has 1 saturated carbocycles. The van der Waals surface area contributed by atoms with Gasteiger partial charge >= 0.3 is 0 Å². The van der Waals surface area contributed by atoms with Crippen molar-refractivity contribution < 1.29 is 14.3 Å². The van der Waals surface area contributed by atoms with Crippen molar-refractivity contribution in [3.05, 3.63) is 36.0 Å². The number of hydrogen-bond acceptors (Lipinski definition) is 8. The Labute approximate surface area is 171 Å². The lowest BCUT2D eigenvalue weighted by Crippen LogP contribution is -2.51. The number of pyridine rings is 1. The number of carbonyl (C=O) groups is 1. The maximum absolute atomic E-state index is 13.2. The quantitative estimate of drug-likeness (QED) is 0.472. The van der Waals surface area contributed by atoms with Crippen molar-refractivity contribution in [3.8, 4) is 0 Å². The molecule has 0 aromatic carbocycles. The van der Waals surface area contributed by atoms with E-state index in [1.54, 1.807) is 13.1 Å². The first-order valence-electron chi connectivity index (χ1n) is 9.70. The van der Waals surface area contributed by atoms with Gasteiger partial charge in [0.25, 0.3) is 5.91 Å². The molecule has 0 radical (unpaired) electrons. The lowest BCUT2D eigenvalue weighted by Gasteiger charge is -2.36. The number of nitrogens with zero attached hydrogens (tertiary/aromatic N) is 5. The van der Waals surface area contributed by atoms with Crippen molar-refractivity contribution in [2.75, 3.05) is 35.7 Å². The van der Waals surface area contributed by atoms with E-state index in [0.717, 1.165) is 5.82 Å². The Morgan fingerprint density at radius 2 is 2.07 bits per heavy atom. The summed E-state index contributed by atoms with van der Waals surface area (Å²) < 4.78 is 14.7. The van der Waals surface area contributed by atoms with Gasteiger partial charge in [-0.05, 0) is 12.1 Å². The van der Waals surface area contributed by atoms with Crippen LogP contribution in [0.3, 0.4) is 0 Å². The number of aliphatic hydroxyl groups is 1. The molecule has 1 aliphatic carbocycles. The van der Waals surface area contributed by atoms with Crippen LogP contribution in [0.2, 0.25) is 0 Å². The zero-order valence-corrected chi connectivity index (χ0v) is 16.2. The number of rotatable bonds is 6. The summed E-state index contributed by atoms with van der Waals surface area (Å²) in [5.41, 5.74) is 0.616. The minimum absolute atomic E-state index is 0.269. The molecule has 4 N–H and O–H groups in total. The van der Waals surface area contributed by atoms with Crippen molar-refractivity contribution in [2.45, 2.75) is 24.7 Å². The predicted molar refractivity (Wildman–Crippen MR) is 109 cm³/mol. The second-order valence-electron chi connectivity index (χ2n) is 7.47. The van der Waals surface area contributed by atoms with Gasteiger partial charge in [-0.15, -0.1) is 0 Å². The number of fused-ring (bicyclic) bond motifs is 1. The number of alkyl halides is 1. The Balaban J connectivity index is 1.43. The first kappa shape index (κ1) is 18.6. The molecule has 10 nitrogen and oxygen atoms in total. The summed E-state index contributed by atoms with van der Waals surface area (Å²) in [6, 6.07) is 6.87. The molecule has 156 valence electrons. The van der Waals surface area contributed by atoms with Crippen LogP contribution in [0, 0.1) is 0 Å². The number of aromatic nitrogens is 4. The second kappa shape index (κ2) is 7.10. The number of nitrogens with one attached hydrogen (secondary N) is 3. The number of anilines is 4. The first-order chi connectivity index (χ1) is 14.5. The number of halogens is 1. The zero-order valence-electron chi connectivity index (χ0n) is 16.2. The van der Waals surface area contributed by atoms with Crippen molar-refractivity contribution in [3.63, 3.8) is 0 Å². The van der Waals surface area contributed by atoms with Crippen molar-refractivity contribution in [1.29, 1.82) is 0 Å². The van der Waals surface area contributed by atoms with Gasteiger partial charge in [-0.25, -0.2) is 14.4 Å². The summed E-state index contributed by atoms with van der Waals surface area (Å²) in [5, 5.41) is 22.6. The van der Waals surface area contributed by atoms with E-state index >= 15 is 0 Å². The van der Waals surface area contributed by atoms with E-state index in [0.29, 0.717) is 42.6 Å². The molecular formula is C19H21FN8O2. The summed E-state index contributed by atoms with van der Waals surface area (Å²) in [5.74, 6) is 2.03. The fraction of sp³-hybridized carbons (Fsp3) is 0.368. The number of carbonyl (C=O) groups excluding carboxylic acids is 1. The Hall–Kier alpha value is -3.47. The zero-order chi connectivity index (χ0) is 20.8. The molecule has 30 heavy (non-hydrogen) atoms. The van der Waals surface area contributed by atoms with Gasteiger partial charge in [0.05, 0.1) is 18.3 Å². The molecule has 1 amide bonds. The molecule has 5 rings (SSSR count). The fourth-order valence-corrected chi connectivity index (χ4v) is 3.37. The molecule has 4 heterocycles. The minimum atomic E-state index is -0.986. The number of β-amino-alcohol motifs (C(OH)–C–C–N with tert-alkyl or cyclic N) is 1. The van der Waals surface area contributed by atoms with Crippen LogP contribution in [0.5, 0.6) is 0 Å². The average molecular weight is 412 g/mol. The Bertz CT molecular complexity index is 1110. The van der Waals surface area contributed by atoms with Gasteiger partial charge in [0.15, 0.2) is 5.65 Å². The number of amides is 1. The molecule has 2 atom stereocenters. The van der Waals surface area contributed by atoms with Crippen LogP contribution in [-0.4, -0.2) is 69.1 Å². The summed E-state index contributed by atoms with van der Waals surface area (Å²) in [4.78, 5) is 23.6. The third-order valence-electron chi connectivity index (χ3n) is 5.18. The Kier molecular flexibility index (Phi) is 4.39. The third-order valence-corrected chi connectivity index (χ3v) is 5.18. The van der Waals surface area contributed by atoms with Crippen molar-refractivity contribution in [1.82, 2.24) is 24.9 Å². The normalized spacial score (nSPS) is 20.7. The molecule has 0 unspecified atom stereocenters. The smallest absolute Gasteiger partial charge is 0.257 e. The van der Waals surface area contributed by atoms with Crippen LogP contribution in [-0.2, 0) is 0 Å². The highest BCUT2D eigenvalue weighted by Crippen LogP contribution is 2.27. The third kappa shape index (κ3) is 3.36. The molecule has 2 fully saturated rings. The molecule has 2 aliphatic rings. The van der Waals surface area contributed by atoms with E-state index < -0.39 is 18.1 Å². The lowest BCUT2D eigenvalue weighted by atomic mass is 10.2. The molecule has 11 heteroatoms. The van der Waals surface area contributed by atoms with Gasteiger partial charge in [0.2, 0.25) is 0 Å². The van der Waals surface area contributed by atoms with Crippen molar-refractivity contribution >= 4 is 34.8 Å². The van der Waals surface area contributed by atoms with Crippen molar-refractivity contribution in [2.24, 2.45) is 0 Å². The molecule has 0 bridgehead atoms. The van der Waals surface area contributed by atoms with E-state index in [-0.39, 0.29) is 11.7 Å². The summed E-state index contributed by atoms with van der Waals surface area (Å²) in [6.45, 7) is 1.11. The van der Waals surface area contributed by atoms with Gasteiger partial charge in [0, 0.05) is 32.6 Å². The molecule has 3 aromatic rings. The highest BCUT2D eigenvalue weighted by Gasteiger charge is 2.39. The second-order valence-corrected chi connectivity index (χ2v) is 7.47. The maximum Gasteiger partial charge on any atom is 0.257 e. The fourth-order valence-electron chi connectivity index (χ4n) is 3.37. The lowest BCUT2D eigenvalue weighted by molar-refractivity contribution is 0.0949. The van der Waals surface area contributed by atoms with E-state index in [1.165, 1.54) is 10.7 Å². The largest absolute Gasteiger partial charge is 0.389 e. The molecule has 0 spiro atoms. The van der Waals surface area contributed by atoms with Crippen LogP contribution >= 0.6 is 0 Å². The number of aliphatic hydroxyl groups excluding tert-OH is 1.